The molecule has 18 heteroatoms. The number of rotatable bonds is 14. The van der Waals surface area contributed by atoms with E-state index in [1.807, 2.05) is 0 Å². The van der Waals surface area contributed by atoms with Crippen molar-refractivity contribution in [3.05, 3.63) is 40.0 Å². The minimum absolute atomic E-state index is 0.0449. The predicted molar refractivity (Wildman–Crippen MR) is 117 cm³/mol. The van der Waals surface area contributed by atoms with Gasteiger partial charge in [0.15, 0.2) is 11.5 Å². The lowest BCUT2D eigenvalue weighted by Gasteiger charge is -2.29. The first-order chi connectivity index (χ1) is 16.1. The van der Waals surface area contributed by atoms with E-state index in [4.69, 9.17) is 29.0 Å². The van der Waals surface area contributed by atoms with Gasteiger partial charge in [0.25, 0.3) is 10.2 Å². The highest BCUT2D eigenvalue weighted by Gasteiger charge is 2.58. The average Bonchev–Trinajstić information content (AvgIpc) is 2.74. The van der Waals surface area contributed by atoms with Gasteiger partial charge >= 0.3 is 21.2 Å². The van der Waals surface area contributed by atoms with Gasteiger partial charge in [-0.15, -0.1) is 10.1 Å². The first kappa shape index (κ1) is 30.2. The second-order valence-corrected chi connectivity index (χ2v) is 10.8. The molecule has 0 aliphatic rings. The summed E-state index contributed by atoms with van der Waals surface area (Å²) in [7, 11) is -9.96. The predicted octanol–water partition coefficient (Wildman–Crippen LogP) is 0.110. The zero-order valence-electron chi connectivity index (χ0n) is 18.2. The fourth-order valence-electron chi connectivity index (χ4n) is 2.45. The van der Waals surface area contributed by atoms with Crippen LogP contribution in [0, 0.1) is 10.1 Å². The maximum atomic E-state index is 11.9. The summed E-state index contributed by atoms with van der Waals surface area (Å²) in [4.78, 5) is 74.1. The second-order valence-electron chi connectivity index (χ2n) is 6.78. The lowest BCUT2D eigenvalue weighted by molar-refractivity contribution is -0.757. The molecule has 0 aliphatic carbocycles. The number of hydrogen-bond donors (Lipinski definition) is 6. The van der Waals surface area contributed by atoms with E-state index >= 15 is 0 Å². The van der Waals surface area contributed by atoms with E-state index in [9.17, 15) is 33.9 Å². The molecule has 1 aromatic rings. The highest BCUT2D eigenvalue weighted by molar-refractivity contribution is 7.72. The van der Waals surface area contributed by atoms with Crippen molar-refractivity contribution in [2.75, 3.05) is 20.3 Å². The zero-order chi connectivity index (χ0) is 26.9. The van der Waals surface area contributed by atoms with Gasteiger partial charge in [-0.3, -0.25) is 18.7 Å². The minimum atomic E-state index is -5.63. The van der Waals surface area contributed by atoms with Crippen molar-refractivity contribution in [2.24, 2.45) is 0 Å². The van der Waals surface area contributed by atoms with Gasteiger partial charge in [0.05, 0.1) is 13.7 Å². The molecule has 196 valence electrons. The second kappa shape index (κ2) is 12.7. The first-order valence-electron chi connectivity index (χ1n) is 9.56. The largest absolute Gasteiger partial charge is 0.493 e. The summed E-state index contributed by atoms with van der Waals surface area (Å²) in [6, 6.07) is 4.22. The summed E-state index contributed by atoms with van der Waals surface area (Å²) >= 11 is 0. The number of aliphatic hydroxyl groups is 1. The molecular formula is C17H24N2O14P2. The Labute approximate surface area is 197 Å². The third-order valence-electron chi connectivity index (χ3n) is 4.25. The molecule has 0 heterocycles. The van der Waals surface area contributed by atoms with Gasteiger partial charge in [-0.2, -0.15) is 0 Å². The molecule has 0 radical (unpaired) electrons. The van der Waals surface area contributed by atoms with Crippen molar-refractivity contribution >= 4 is 33.1 Å². The van der Waals surface area contributed by atoms with Crippen LogP contribution in [0.25, 0.3) is 6.08 Å². The van der Waals surface area contributed by atoms with E-state index in [1.165, 1.54) is 31.4 Å². The third-order valence-corrected chi connectivity index (χ3v) is 8.13. The number of esters is 1. The van der Waals surface area contributed by atoms with Crippen molar-refractivity contribution in [1.29, 1.82) is 0 Å². The van der Waals surface area contributed by atoms with E-state index in [-0.39, 0.29) is 30.9 Å². The van der Waals surface area contributed by atoms with Crippen LogP contribution in [0.15, 0.2) is 24.3 Å². The molecule has 0 spiro atoms. The summed E-state index contributed by atoms with van der Waals surface area (Å²) < 4.78 is 32.8. The van der Waals surface area contributed by atoms with Crippen LogP contribution in [0.2, 0.25) is 0 Å². The van der Waals surface area contributed by atoms with Gasteiger partial charge in [-0.05, 0) is 30.2 Å². The molecule has 16 nitrogen and oxygen atoms in total. The van der Waals surface area contributed by atoms with Gasteiger partial charge in [-0.25, -0.2) is 0 Å². The number of amides is 1. The number of hydrogen-bond acceptors (Lipinski definition) is 10. The molecule has 0 bridgehead atoms. The normalized spacial score (nSPS) is 12.3. The quantitative estimate of drug-likeness (QED) is 0.0347. The highest BCUT2D eigenvalue weighted by Crippen LogP contribution is 2.68. The Kier molecular flexibility index (Phi) is 11.0. The Morgan fingerprint density at radius 3 is 2.34 bits per heavy atom. The van der Waals surface area contributed by atoms with Crippen LogP contribution in [-0.4, -0.2) is 67.0 Å². The summed E-state index contributed by atoms with van der Waals surface area (Å²) in [5, 5.41) is 17.3. The van der Waals surface area contributed by atoms with Crippen molar-refractivity contribution in [3.8, 4) is 11.5 Å². The van der Waals surface area contributed by atoms with Crippen LogP contribution in [0.5, 0.6) is 11.5 Å². The Balaban J connectivity index is 2.71. The molecule has 35 heavy (non-hydrogen) atoms. The van der Waals surface area contributed by atoms with Gasteiger partial charge < -0.3 is 44.3 Å². The van der Waals surface area contributed by atoms with E-state index in [0.29, 0.717) is 5.56 Å². The number of nitrogens with zero attached hydrogens (tertiary/aromatic N) is 1. The maximum absolute atomic E-state index is 11.9. The van der Waals surface area contributed by atoms with E-state index in [2.05, 4.69) is 10.2 Å². The molecular weight excluding hydrogens is 518 g/mol. The summed E-state index contributed by atoms with van der Waals surface area (Å²) in [5.41, 5.74) is 0.401. The third kappa shape index (κ3) is 9.38. The zero-order valence-corrected chi connectivity index (χ0v) is 20.0. The summed E-state index contributed by atoms with van der Waals surface area (Å²) in [6.45, 7) is -0.941. The Hall–Kier alpha value is -2.84. The van der Waals surface area contributed by atoms with Crippen LogP contribution in [-0.2, 0) is 23.6 Å². The summed E-state index contributed by atoms with van der Waals surface area (Å²) in [5.74, 6) is -1.34. The number of methoxy groups -OCH3 is 1. The van der Waals surface area contributed by atoms with E-state index in [0.717, 1.165) is 6.08 Å². The molecule has 0 aliphatic heterocycles. The fourth-order valence-corrected chi connectivity index (χ4v) is 4.61. The highest BCUT2D eigenvalue weighted by atomic mass is 31.2. The lowest BCUT2D eigenvalue weighted by Crippen LogP contribution is -2.34. The number of ether oxygens (including phenoxy) is 2. The minimum Gasteiger partial charge on any atom is -0.493 e. The van der Waals surface area contributed by atoms with Crippen molar-refractivity contribution in [3.63, 3.8) is 0 Å². The Morgan fingerprint density at radius 2 is 1.80 bits per heavy atom. The van der Waals surface area contributed by atoms with Crippen molar-refractivity contribution in [1.82, 2.24) is 5.32 Å². The lowest BCUT2D eigenvalue weighted by atomic mass is 10.2. The van der Waals surface area contributed by atoms with Gasteiger partial charge in [0.2, 0.25) is 5.91 Å². The monoisotopic (exact) mass is 542 g/mol. The van der Waals surface area contributed by atoms with Crippen LogP contribution in [0.1, 0.15) is 24.8 Å². The molecule has 0 aromatic heterocycles. The summed E-state index contributed by atoms with van der Waals surface area (Å²) in [6.07, 6.45) is 1.06. The molecule has 1 amide bonds. The van der Waals surface area contributed by atoms with Crippen molar-refractivity contribution < 1.29 is 62.8 Å². The number of carbonyl (C=O) groups excluding carboxylic acids is 2. The van der Waals surface area contributed by atoms with Crippen LogP contribution >= 0.6 is 15.2 Å². The van der Waals surface area contributed by atoms with Gasteiger partial charge in [0, 0.05) is 25.5 Å². The smallest absolute Gasteiger partial charge is 0.369 e. The van der Waals surface area contributed by atoms with Crippen molar-refractivity contribution in [2.45, 2.75) is 24.3 Å². The van der Waals surface area contributed by atoms with Crippen LogP contribution in [0.3, 0.4) is 0 Å². The first-order valence-corrected chi connectivity index (χ1v) is 12.8. The molecule has 0 unspecified atom stereocenters. The van der Waals surface area contributed by atoms with Gasteiger partial charge in [-0.1, -0.05) is 6.07 Å². The topological polar surface area (TPSA) is 252 Å². The number of nitrogens with one attached hydrogen (secondary N) is 1. The molecule has 1 rings (SSSR count). The van der Waals surface area contributed by atoms with Gasteiger partial charge in [0.1, 0.15) is 0 Å². The molecule has 0 fully saturated rings. The SMILES string of the molecule is COc1cc(C=CC(=O)NCCC(O)(P(=O)(O)O)P(=O)(O)O)ccc1OC(=O)CCCO[N+](=O)[O-]. The molecule has 0 saturated heterocycles. The number of carbonyl (C=O) groups is 2. The molecule has 6 N–H and O–H groups in total. The number of benzene rings is 1. The van der Waals surface area contributed by atoms with E-state index in [1.54, 1.807) is 0 Å². The standard InChI is InChI=1S/C17H24N2O14P2/c1-31-14-11-12(4-6-13(14)33-16(21)3-2-10-32-19(23)24)5-7-15(20)18-9-8-17(22,34(25,26)27)35(28,29)30/h4-7,11,22H,2-3,8-10H2,1H3,(H,18,20)(H2,25,26,27)(H2,28,29,30). The Bertz CT molecular complexity index is 1030. The average molecular weight is 542 g/mol. The molecule has 0 atom stereocenters. The fraction of sp³-hybridized carbons (Fsp3) is 0.412. The van der Waals surface area contributed by atoms with Crippen LogP contribution < -0.4 is 14.8 Å². The van der Waals surface area contributed by atoms with Crippen LogP contribution in [0.4, 0.5) is 0 Å². The maximum Gasteiger partial charge on any atom is 0.369 e. The van der Waals surface area contributed by atoms with E-state index < -0.39 is 50.2 Å². The molecule has 0 saturated carbocycles. The molecule has 1 aromatic carbocycles. The Morgan fingerprint density at radius 1 is 1.17 bits per heavy atom.